The van der Waals surface area contributed by atoms with Crippen LogP contribution in [-0.2, 0) is 25.5 Å². The van der Waals surface area contributed by atoms with E-state index in [0.29, 0.717) is 11.1 Å². The van der Waals surface area contributed by atoms with E-state index < -0.39 is 6.85 Å². The molecule has 1 aromatic heterocycles. The van der Waals surface area contributed by atoms with Crippen molar-refractivity contribution < 1.29 is 24.2 Å². The molecule has 0 N–H and O–H groups in total. The van der Waals surface area contributed by atoms with E-state index >= 15 is 0 Å². The Bertz CT molecular complexity index is 896. The Hall–Kier alpha value is -1.76. The molecule has 0 fully saturated rings. The van der Waals surface area contributed by atoms with Crippen molar-refractivity contribution in [3.05, 3.63) is 78.0 Å². The standard InChI is InChI=1S/C22H22N.Ir/c1-16-10-11-18(14-20(16)17-8-6-5-7-9-17)21-13-12-19(15-23-21)22(2,3)4;/h5-10,12-15H,1-4H3;/q-1;/i1D3;. The van der Waals surface area contributed by atoms with Crippen LogP contribution < -0.4 is 0 Å². The van der Waals surface area contributed by atoms with Crippen LogP contribution in [0.3, 0.4) is 0 Å². The zero-order valence-electron chi connectivity index (χ0n) is 17.1. The van der Waals surface area contributed by atoms with Gasteiger partial charge in [-0.1, -0.05) is 75.7 Å². The van der Waals surface area contributed by atoms with E-state index in [0.717, 1.165) is 22.4 Å². The van der Waals surface area contributed by atoms with Gasteiger partial charge in [-0.25, -0.2) is 0 Å². The van der Waals surface area contributed by atoms with Gasteiger partial charge in [-0.2, -0.15) is 0 Å². The summed E-state index contributed by atoms with van der Waals surface area (Å²) >= 11 is 0. The Labute approximate surface area is 162 Å². The summed E-state index contributed by atoms with van der Waals surface area (Å²) in [6, 6.07) is 20.2. The normalized spacial score (nSPS) is 13.4. The molecule has 0 aliphatic carbocycles. The fourth-order valence-corrected chi connectivity index (χ4v) is 2.49. The summed E-state index contributed by atoms with van der Waals surface area (Å²) in [5.41, 5.74) is 4.64. The quantitative estimate of drug-likeness (QED) is 0.409. The average Bonchev–Trinajstić information content (AvgIpc) is 2.60. The second kappa shape index (κ2) is 7.42. The molecule has 0 aliphatic heterocycles. The summed E-state index contributed by atoms with van der Waals surface area (Å²) in [6.07, 6.45) is 1.88. The molecule has 125 valence electrons. The Morgan fingerprint density at radius 2 is 1.79 bits per heavy atom. The van der Waals surface area contributed by atoms with Crippen LogP contribution in [0.2, 0.25) is 0 Å². The third kappa shape index (κ3) is 4.01. The fraction of sp³-hybridized carbons (Fsp3) is 0.227. The number of nitrogens with zero attached hydrogens (tertiary/aromatic N) is 1. The summed E-state index contributed by atoms with van der Waals surface area (Å²) < 4.78 is 23.5. The van der Waals surface area contributed by atoms with Crippen molar-refractivity contribution in [2.45, 2.75) is 33.0 Å². The smallest absolute Gasteiger partial charge is 0.0198 e. The molecule has 0 spiro atoms. The van der Waals surface area contributed by atoms with Crippen molar-refractivity contribution in [3.8, 4) is 22.4 Å². The van der Waals surface area contributed by atoms with Crippen molar-refractivity contribution in [1.29, 1.82) is 0 Å². The largest absolute Gasteiger partial charge is 0.304 e. The van der Waals surface area contributed by atoms with Crippen molar-refractivity contribution >= 4 is 0 Å². The molecule has 3 rings (SSSR count). The minimum Gasteiger partial charge on any atom is -0.304 e. The fourth-order valence-electron chi connectivity index (χ4n) is 2.49. The van der Waals surface area contributed by atoms with Gasteiger partial charge in [-0.15, -0.1) is 29.3 Å². The first kappa shape index (κ1) is 14.6. The van der Waals surface area contributed by atoms with E-state index in [-0.39, 0.29) is 25.5 Å². The van der Waals surface area contributed by atoms with Crippen molar-refractivity contribution in [2.75, 3.05) is 0 Å². The summed E-state index contributed by atoms with van der Waals surface area (Å²) in [5.74, 6) is 0. The first-order valence-corrected chi connectivity index (χ1v) is 7.75. The van der Waals surface area contributed by atoms with E-state index in [1.54, 1.807) is 6.07 Å². The molecular weight excluding hydrogens is 470 g/mol. The van der Waals surface area contributed by atoms with Crippen LogP contribution >= 0.6 is 0 Å². The number of aryl methyl sites for hydroxylation is 1. The van der Waals surface area contributed by atoms with Gasteiger partial charge in [0, 0.05) is 30.4 Å². The molecule has 24 heavy (non-hydrogen) atoms. The van der Waals surface area contributed by atoms with Gasteiger partial charge in [0.05, 0.1) is 0 Å². The molecule has 0 amide bonds. The number of rotatable bonds is 2. The van der Waals surface area contributed by atoms with Gasteiger partial charge in [-0.3, -0.25) is 0 Å². The van der Waals surface area contributed by atoms with E-state index in [4.69, 9.17) is 4.11 Å². The summed E-state index contributed by atoms with van der Waals surface area (Å²) in [6.45, 7) is 4.25. The molecule has 1 nitrogen and oxygen atoms in total. The summed E-state index contributed by atoms with van der Waals surface area (Å²) in [4.78, 5) is 4.57. The van der Waals surface area contributed by atoms with E-state index in [2.05, 4.69) is 37.9 Å². The monoisotopic (exact) mass is 496 g/mol. The summed E-state index contributed by atoms with van der Waals surface area (Å²) in [7, 11) is 0. The van der Waals surface area contributed by atoms with Gasteiger partial charge in [0.1, 0.15) is 0 Å². The van der Waals surface area contributed by atoms with Gasteiger partial charge < -0.3 is 4.98 Å². The number of hydrogen-bond donors (Lipinski definition) is 0. The second-order valence-corrected chi connectivity index (χ2v) is 6.72. The SMILES string of the molecule is [2H]C([2H])([2H])c1c[c-]c(-c2ccc(C(C)(C)C)cn2)cc1-c1ccccc1.[Ir]. The first-order valence-electron chi connectivity index (χ1n) is 9.25. The third-order valence-electron chi connectivity index (χ3n) is 3.94. The Morgan fingerprint density at radius 3 is 2.38 bits per heavy atom. The van der Waals surface area contributed by atoms with Gasteiger partial charge in [0.2, 0.25) is 0 Å². The molecule has 1 radical (unpaired) electrons. The van der Waals surface area contributed by atoms with Gasteiger partial charge in [0.15, 0.2) is 0 Å². The number of aromatic nitrogens is 1. The van der Waals surface area contributed by atoms with Crippen molar-refractivity contribution in [1.82, 2.24) is 4.98 Å². The van der Waals surface area contributed by atoms with Crippen LogP contribution in [0.4, 0.5) is 0 Å². The van der Waals surface area contributed by atoms with Crippen LogP contribution in [0, 0.1) is 12.9 Å². The van der Waals surface area contributed by atoms with Crippen LogP contribution in [0.5, 0.6) is 0 Å². The van der Waals surface area contributed by atoms with Crippen molar-refractivity contribution in [3.63, 3.8) is 0 Å². The maximum atomic E-state index is 7.83. The molecule has 0 bridgehead atoms. The zero-order chi connectivity index (χ0) is 18.9. The Morgan fingerprint density at radius 1 is 1.04 bits per heavy atom. The van der Waals surface area contributed by atoms with Gasteiger partial charge >= 0.3 is 0 Å². The van der Waals surface area contributed by atoms with Crippen LogP contribution in [-0.4, -0.2) is 4.98 Å². The predicted octanol–water partition coefficient (Wildman–Crippen LogP) is 5.82. The molecule has 2 heteroatoms. The van der Waals surface area contributed by atoms with Gasteiger partial charge in [0.25, 0.3) is 0 Å². The Kier molecular flexibility index (Phi) is 4.51. The number of hydrogen-bond acceptors (Lipinski definition) is 1. The zero-order valence-corrected chi connectivity index (χ0v) is 16.4. The van der Waals surface area contributed by atoms with Gasteiger partial charge in [-0.05, 0) is 22.2 Å². The predicted molar refractivity (Wildman–Crippen MR) is 97.4 cm³/mol. The topological polar surface area (TPSA) is 12.9 Å². The average molecular weight is 496 g/mol. The molecule has 1 heterocycles. The van der Waals surface area contributed by atoms with Crippen LogP contribution in [0.1, 0.15) is 36.0 Å². The maximum Gasteiger partial charge on any atom is 0.0198 e. The Balaban J connectivity index is 0.00000261. The molecule has 2 aromatic carbocycles. The summed E-state index contributed by atoms with van der Waals surface area (Å²) in [5, 5.41) is 0. The molecule has 0 aliphatic rings. The third-order valence-corrected chi connectivity index (χ3v) is 3.94. The number of benzene rings is 2. The molecule has 0 saturated carbocycles. The van der Waals surface area contributed by atoms with E-state index in [9.17, 15) is 0 Å². The van der Waals surface area contributed by atoms with Crippen molar-refractivity contribution in [2.24, 2.45) is 0 Å². The first-order chi connectivity index (χ1) is 12.2. The van der Waals surface area contributed by atoms with Crippen LogP contribution in [0.25, 0.3) is 22.4 Å². The molecule has 0 unspecified atom stereocenters. The number of pyridine rings is 1. The second-order valence-electron chi connectivity index (χ2n) is 6.72. The van der Waals surface area contributed by atoms with E-state index in [1.807, 2.05) is 48.7 Å². The minimum absolute atomic E-state index is 0. The molecular formula is C22H22IrN-. The maximum absolute atomic E-state index is 7.83. The molecule has 0 saturated heterocycles. The minimum atomic E-state index is -2.19. The molecule has 0 atom stereocenters. The van der Waals surface area contributed by atoms with Crippen LogP contribution in [0.15, 0.2) is 60.8 Å². The van der Waals surface area contributed by atoms with E-state index in [1.165, 1.54) is 0 Å². The molecule has 3 aromatic rings.